The van der Waals surface area contributed by atoms with Crippen molar-refractivity contribution in [3.63, 3.8) is 0 Å². The maximum Gasteiger partial charge on any atom is 0.150 e. The van der Waals surface area contributed by atoms with Crippen LogP contribution in [0.1, 0.15) is 22.8 Å². The van der Waals surface area contributed by atoms with E-state index in [2.05, 4.69) is 22.9 Å². The maximum atomic E-state index is 10.9. The summed E-state index contributed by atoms with van der Waals surface area (Å²) in [6.45, 7) is 2.09. The zero-order valence-electron chi connectivity index (χ0n) is 7.71. The van der Waals surface area contributed by atoms with Crippen LogP contribution in [0.3, 0.4) is 0 Å². The third kappa shape index (κ3) is 1.41. The van der Waals surface area contributed by atoms with Gasteiger partial charge < -0.3 is 0 Å². The van der Waals surface area contributed by atoms with Crippen LogP contribution in [-0.2, 0) is 6.42 Å². The van der Waals surface area contributed by atoms with E-state index >= 15 is 0 Å². The largest absolute Gasteiger partial charge is 0.298 e. The third-order valence-electron chi connectivity index (χ3n) is 2.30. The van der Waals surface area contributed by atoms with Gasteiger partial charge in [0.25, 0.3) is 0 Å². The fourth-order valence-corrected chi connectivity index (χ4v) is 3.31. The molecule has 0 saturated carbocycles. The van der Waals surface area contributed by atoms with Crippen molar-refractivity contribution in [2.75, 3.05) is 0 Å². The monoisotopic (exact) mass is 268 g/mol. The Morgan fingerprint density at radius 1 is 1.57 bits per heavy atom. The number of carbonyl (C=O) groups excluding carboxylic acids is 1. The summed E-state index contributed by atoms with van der Waals surface area (Å²) in [5.41, 5.74) is 1.99. The molecule has 0 atom stereocenters. The molecule has 1 aromatic carbocycles. The summed E-state index contributed by atoms with van der Waals surface area (Å²) in [5.74, 6) is 0. The Hall–Kier alpha value is -0.670. The van der Waals surface area contributed by atoms with Gasteiger partial charge in [-0.05, 0) is 45.4 Å². The number of fused-ring (bicyclic) bond motifs is 1. The van der Waals surface area contributed by atoms with Crippen molar-refractivity contribution in [1.29, 1.82) is 0 Å². The van der Waals surface area contributed by atoms with Crippen molar-refractivity contribution in [1.82, 2.24) is 0 Å². The van der Waals surface area contributed by atoms with Crippen molar-refractivity contribution in [3.8, 4) is 0 Å². The van der Waals surface area contributed by atoms with E-state index in [0.717, 1.165) is 28.1 Å². The predicted octanol–water partition coefficient (Wildman–Crippen LogP) is 4.04. The lowest BCUT2D eigenvalue weighted by Crippen LogP contribution is -1.88. The SMILES string of the molecule is CCc1cc(C=O)c2ccsc2c1Br. The second-order valence-electron chi connectivity index (χ2n) is 3.07. The number of aldehydes is 1. The van der Waals surface area contributed by atoms with Crippen molar-refractivity contribution in [2.24, 2.45) is 0 Å². The van der Waals surface area contributed by atoms with Crippen LogP contribution in [0.2, 0.25) is 0 Å². The molecule has 3 heteroatoms. The van der Waals surface area contributed by atoms with E-state index in [1.54, 1.807) is 11.3 Å². The number of benzene rings is 1. The summed E-state index contributed by atoms with van der Waals surface area (Å²) >= 11 is 5.25. The molecule has 0 radical (unpaired) electrons. The molecule has 0 saturated heterocycles. The highest BCUT2D eigenvalue weighted by Crippen LogP contribution is 2.34. The molecule has 0 aliphatic carbocycles. The predicted molar refractivity (Wildman–Crippen MR) is 64.3 cm³/mol. The molecule has 0 amide bonds. The van der Waals surface area contributed by atoms with Crippen LogP contribution in [0.5, 0.6) is 0 Å². The van der Waals surface area contributed by atoms with Crippen LogP contribution in [0.25, 0.3) is 10.1 Å². The average Bonchev–Trinajstić information content (AvgIpc) is 2.68. The average molecular weight is 269 g/mol. The molecule has 1 nitrogen and oxygen atoms in total. The molecule has 14 heavy (non-hydrogen) atoms. The zero-order valence-corrected chi connectivity index (χ0v) is 10.1. The summed E-state index contributed by atoms with van der Waals surface area (Å²) in [6.07, 6.45) is 1.87. The van der Waals surface area contributed by atoms with Gasteiger partial charge >= 0.3 is 0 Å². The number of thiophene rings is 1. The Morgan fingerprint density at radius 2 is 2.36 bits per heavy atom. The van der Waals surface area contributed by atoms with E-state index in [9.17, 15) is 4.79 Å². The highest BCUT2D eigenvalue weighted by atomic mass is 79.9. The van der Waals surface area contributed by atoms with E-state index in [-0.39, 0.29) is 0 Å². The molecule has 0 aliphatic heterocycles. The molecule has 0 fully saturated rings. The number of hydrogen-bond acceptors (Lipinski definition) is 2. The minimum Gasteiger partial charge on any atom is -0.298 e. The van der Waals surface area contributed by atoms with Crippen LogP contribution in [-0.4, -0.2) is 6.29 Å². The molecule has 0 bridgehead atoms. The maximum absolute atomic E-state index is 10.9. The Balaban J connectivity index is 2.86. The lowest BCUT2D eigenvalue weighted by Gasteiger charge is -2.04. The number of carbonyl (C=O) groups is 1. The van der Waals surface area contributed by atoms with Gasteiger partial charge in [-0.25, -0.2) is 0 Å². The molecule has 0 N–H and O–H groups in total. The van der Waals surface area contributed by atoms with Crippen LogP contribution in [0.15, 0.2) is 22.0 Å². The van der Waals surface area contributed by atoms with E-state index in [0.29, 0.717) is 0 Å². The first-order valence-electron chi connectivity index (χ1n) is 4.41. The first-order valence-corrected chi connectivity index (χ1v) is 6.09. The minimum atomic E-state index is 0.793. The van der Waals surface area contributed by atoms with Gasteiger partial charge in [0.2, 0.25) is 0 Å². The Morgan fingerprint density at radius 3 is 3.00 bits per heavy atom. The highest BCUT2D eigenvalue weighted by molar-refractivity contribution is 9.10. The van der Waals surface area contributed by atoms with Crippen molar-refractivity contribution >= 4 is 43.6 Å². The lowest BCUT2D eigenvalue weighted by molar-refractivity contribution is 0.112. The van der Waals surface area contributed by atoms with Crippen molar-refractivity contribution in [2.45, 2.75) is 13.3 Å². The van der Waals surface area contributed by atoms with Gasteiger partial charge in [0.05, 0.1) is 0 Å². The molecular weight excluding hydrogens is 260 g/mol. The van der Waals surface area contributed by atoms with Gasteiger partial charge in [0.15, 0.2) is 6.29 Å². The van der Waals surface area contributed by atoms with Gasteiger partial charge in [0, 0.05) is 20.1 Å². The first kappa shape index (κ1) is 9.87. The van der Waals surface area contributed by atoms with Crippen LogP contribution < -0.4 is 0 Å². The smallest absolute Gasteiger partial charge is 0.150 e. The molecule has 2 aromatic rings. The highest BCUT2D eigenvalue weighted by Gasteiger charge is 2.09. The van der Waals surface area contributed by atoms with E-state index in [1.807, 2.05) is 17.5 Å². The second-order valence-corrected chi connectivity index (χ2v) is 4.78. The molecule has 0 spiro atoms. The van der Waals surface area contributed by atoms with Gasteiger partial charge in [-0.3, -0.25) is 4.79 Å². The molecule has 1 heterocycles. The van der Waals surface area contributed by atoms with E-state index in [4.69, 9.17) is 0 Å². The van der Waals surface area contributed by atoms with Crippen LogP contribution in [0, 0.1) is 0 Å². The zero-order chi connectivity index (χ0) is 10.1. The molecule has 1 aromatic heterocycles. The van der Waals surface area contributed by atoms with Crippen molar-refractivity contribution in [3.05, 3.63) is 33.1 Å². The van der Waals surface area contributed by atoms with Gasteiger partial charge in [-0.2, -0.15) is 0 Å². The Bertz CT molecular complexity index is 487. The second kappa shape index (κ2) is 3.83. The Kier molecular flexibility index (Phi) is 2.70. The number of aryl methyl sites for hydroxylation is 1. The van der Waals surface area contributed by atoms with Gasteiger partial charge in [-0.15, -0.1) is 11.3 Å². The quantitative estimate of drug-likeness (QED) is 0.752. The van der Waals surface area contributed by atoms with Crippen LogP contribution >= 0.6 is 27.3 Å². The fourth-order valence-electron chi connectivity index (χ4n) is 1.54. The summed E-state index contributed by atoms with van der Waals surface area (Å²) in [5, 5.41) is 3.07. The van der Waals surface area contributed by atoms with E-state index in [1.165, 1.54) is 10.3 Å². The topological polar surface area (TPSA) is 17.1 Å². The fraction of sp³-hybridized carbons (Fsp3) is 0.182. The van der Waals surface area contributed by atoms with Crippen molar-refractivity contribution < 1.29 is 4.79 Å². The van der Waals surface area contributed by atoms with Gasteiger partial charge in [-0.1, -0.05) is 6.92 Å². The molecular formula is C11H9BrOS. The Labute approximate surface area is 94.9 Å². The normalized spacial score (nSPS) is 10.7. The number of halogens is 1. The number of rotatable bonds is 2. The van der Waals surface area contributed by atoms with Crippen LogP contribution in [0.4, 0.5) is 0 Å². The summed E-state index contributed by atoms with van der Waals surface area (Å²) in [7, 11) is 0. The molecule has 0 unspecified atom stereocenters. The minimum absolute atomic E-state index is 0.793. The molecule has 0 aliphatic rings. The summed E-state index contributed by atoms with van der Waals surface area (Å²) < 4.78 is 2.31. The van der Waals surface area contributed by atoms with E-state index < -0.39 is 0 Å². The first-order chi connectivity index (χ1) is 6.77. The third-order valence-corrected chi connectivity index (χ3v) is 4.40. The molecule has 2 rings (SSSR count). The molecule has 72 valence electrons. The summed E-state index contributed by atoms with van der Waals surface area (Å²) in [4.78, 5) is 10.9. The van der Waals surface area contributed by atoms with Gasteiger partial charge in [0.1, 0.15) is 0 Å². The summed E-state index contributed by atoms with van der Waals surface area (Å²) in [6, 6.07) is 3.96. The lowest BCUT2D eigenvalue weighted by atomic mass is 10.1. The number of hydrogen-bond donors (Lipinski definition) is 0. The standard InChI is InChI=1S/C11H9BrOS/c1-2-7-5-8(6-13)9-3-4-14-11(9)10(7)12/h3-6H,2H2,1H3.